The Morgan fingerprint density at radius 1 is 1.27 bits per heavy atom. The average Bonchev–Trinajstić information content (AvgIpc) is 2.82. The van der Waals surface area contributed by atoms with Crippen molar-refractivity contribution in [2.24, 2.45) is 5.92 Å². The van der Waals surface area contributed by atoms with Gasteiger partial charge in [-0.3, -0.25) is 4.72 Å². The van der Waals surface area contributed by atoms with Gasteiger partial charge >= 0.3 is 0 Å². The number of fused-ring (bicyclic) bond motifs is 1. The lowest BCUT2D eigenvalue weighted by Gasteiger charge is -2.21. The van der Waals surface area contributed by atoms with Crippen LogP contribution in [0.5, 0.6) is 0 Å². The first-order valence-corrected chi connectivity index (χ1v) is 9.36. The van der Waals surface area contributed by atoms with Crippen molar-refractivity contribution >= 4 is 26.6 Å². The van der Waals surface area contributed by atoms with Crippen molar-refractivity contribution in [3.05, 3.63) is 30.0 Å². The number of hydrogen-bond donors (Lipinski definition) is 2. The van der Waals surface area contributed by atoms with Crippen LogP contribution in [0.1, 0.15) is 25.0 Å². The maximum absolute atomic E-state index is 12.4. The van der Waals surface area contributed by atoms with Crippen LogP contribution >= 0.6 is 0 Å². The van der Waals surface area contributed by atoms with Crippen LogP contribution < -0.4 is 4.72 Å². The van der Waals surface area contributed by atoms with E-state index >= 15 is 0 Å². The van der Waals surface area contributed by atoms with Crippen LogP contribution in [-0.4, -0.2) is 32.4 Å². The molecular weight excluding hydrogens is 300 g/mol. The molecule has 0 saturated carbocycles. The maximum Gasteiger partial charge on any atom is 0.232 e. The van der Waals surface area contributed by atoms with Gasteiger partial charge in [-0.1, -0.05) is 18.2 Å². The quantitative estimate of drug-likeness (QED) is 0.889. The van der Waals surface area contributed by atoms with E-state index < -0.39 is 10.0 Å². The van der Waals surface area contributed by atoms with Crippen LogP contribution in [0.4, 0.5) is 5.69 Å². The minimum absolute atomic E-state index is 0.163. The van der Waals surface area contributed by atoms with Crippen molar-refractivity contribution < 1.29 is 13.2 Å². The number of aromatic nitrogens is 1. The van der Waals surface area contributed by atoms with E-state index in [2.05, 4.69) is 9.71 Å². The zero-order chi connectivity index (χ0) is 15.6. The number of anilines is 1. The lowest BCUT2D eigenvalue weighted by Crippen LogP contribution is -2.22. The number of para-hydroxylation sites is 1. The summed E-state index contributed by atoms with van der Waals surface area (Å²) in [5.41, 5.74) is 2.46. The minimum atomic E-state index is -3.33. The van der Waals surface area contributed by atoms with Crippen LogP contribution in [0.2, 0.25) is 0 Å². The Balaban J connectivity index is 1.71. The second kappa shape index (κ2) is 6.30. The van der Waals surface area contributed by atoms with Gasteiger partial charge in [0.25, 0.3) is 0 Å². The normalized spacial score (nSPS) is 17.0. The molecule has 0 amide bonds. The molecule has 0 aliphatic carbocycles. The van der Waals surface area contributed by atoms with Gasteiger partial charge in [0.1, 0.15) is 0 Å². The molecule has 0 spiro atoms. The fraction of sp³-hybridized carbons (Fsp3) is 0.500. The van der Waals surface area contributed by atoms with Crippen molar-refractivity contribution in [2.45, 2.75) is 26.2 Å². The predicted octanol–water partition coefficient (Wildman–Crippen LogP) is 3.03. The Labute approximate surface area is 131 Å². The first kappa shape index (κ1) is 15.4. The zero-order valence-electron chi connectivity index (χ0n) is 12.8. The first-order chi connectivity index (χ1) is 10.6. The van der Waals surface area contributed by atoms with E-state index in [1.54, 1.807) is 0 Å². The molecule has 0 atom stereocenters. The summed E-state index contributed by atoms with van der Waals surface area (Å²) in [4.78, 5) is 3.21. The van der Waals surface area contributed by atoms with Gasteiger partial charge in [0.05, 0.1) is 11.4 Å². The number of hydrogen-bond acceptors (Lipinski definition) is 3. The molecular formula is C16H22N2O3S. The van der Waals surface area contributed by atoms with E-state index in [4.69, 9.17) is 4.74 Å². The van der Waals surface area contributed by atoms with Crippen molar-refractivity contribution in [2.75, 3.05) is 23.7 Å². The monoisotopic (exact) mass is 322 g/mol. The molecule has 0 radical (unpaired) electrons. The summed E-state index contributed by atoms with van der Waals surface area (Å²) in [6, 6.07) is 7.72. The Morgan fingerprint density at radius 2 is 2.00 bits per heavy atom. The van der Waals surface area contributed by atoms with E-state index in [9.17, 15) is 8.42 Å². The number of sulfonamides is 1. The number of ether oxygens (including phenoxy) is 1. The second-order valence-electron chi connectivity index (χ2n) is 5.94. The number of aromatic amines is 1. The molecule has 3 rings (SSSR count). The molecule has 1 aromatic heterocycles. The number of benzene rings is 1. The van der Waals surface area contributed by atoms with Crippen molar-refractivity contribution in [3.8, 4) is 0 Å². The van der Waals surface area contributed by atoms with Crippen molar-refractivity contribution in [1.29, 1.82) is 0 Å². The van der Waals surface area contributed by atoms with Gasteiger partial charge in [-0.25, -0.2) is 8.42 Å². The molecule has 1 saturated heterocycles. The largest absolute Gasteiger partial charge is 0.381 e. The molecule has 2 aromatic rings. The van der Waals surface area contributed by atoms with Crippen LogP contribution in [0.15, 0.2) is 24.3 Å². The van der Waals surface area contributed by atoms with E-state index in [0.717, 1.165) is 42.7 Å². The smallest absolute Gasteiger partial charge is 0.232 e. The average molecular weight is 322 g/mol. The van der Waals surface area contributed by atoms with Crippen LogP contribution in [0, 0.1) is 12.8 Å². The van der Waals surface area contributed by atoms with Gasteiger partial charge in [-0.15, -0.1) is 0 Å². The molecule has 2 N–H and O–H groups in total. The summed E-state index contributed by atoms with van der Waals surface area (Å²) >= 11 is 0. The summed E-state index contributed by atoms with van der Waals surface area (Å²) in [5.74, 6) is 0.616. The van der Waals surface area contributed by atoms with Gasteiger partial charge in [0.15, 0.2) is 0 Å². The van der Waals surface area contributed by atoms with Gasteiger partial charge in [-0.2, -0.15) is 0 Å². The zero-order valence-corrected chi connectivity index (χ0v) is 13.6. The third-order valence-corrected chi connectivity index (χ3v) is 5.58. The highest BCUT2D eigenvalue weighted by molar-refractivity contribution is 7.92. The Bertz CT molecular complexity index is 746. The van der Waals surface area contributed by atoms with E-state index in [1.807, 2.05) is 31.2 Å². The summed E-state index contributed by atoms with van der Waals surface area (Å²) in [6.07, 6.45) is 2.61. The fourth-order valence-corrected chi connectivity index (χ4v) is 4.29. The van der Waals surface area contributed by atoms with Gasteiger partial charge in [0.2, 0.25) is 10.0 Å². The lowest BCUT2D eigenvalue weighted by molar-refractivity contribution is 0.0656. The third kappa shape index (κ3) is 3.44. The van der Waals surface area contributed by atoms with Crippen molar-refractivity contribution in [1.82, 2.24) is 4.98 Å². The lowest BCUT2D eigenvalue weighted by atomic mass is 9.98. The Hall–Kier alpha value is -1.53. The Morgan fingerprint density at radius 3 is 2.77 bits per heavy atom. The summed E-state index contributed by atoms with van der Waals surface area (Å²) in [6.45, 7) is 3.38. The Kier molecular flexibility index (Phi) is 4.40. The van der Waals surface area contributed by atoms with Gasteiger partial charge in [-0.05, 0) is 38.2 Å². The molecule has 22 heavy (non-hydrogen) atoms. The number of aryl methyl sites for hydroxylation is 1. The molecule has 0 unspecified atom stereocenters. The van der Waals surface area contributed by atoms with Crippen LogP contribution in [-0.2, 0) is 14.8 Å². The van der Waals surface area contributed by atoms with E-state index in [-0.39, 0.29) is 5.75 Å². The summed E-state index contributed by atoms with van der Waals surface area (Å²) in [5, 5.41) is 0.912. The predicted molar refractivity (Wildman–Crippen MR) is 88.6 cm³/mol. The van der Waals surface area contributed by atoms with Gasteiger partial charge < -0.3 is 9.72 Å². The molecule has 120 valence electrons. The first-order valence-electron chi connectivity index (χ1n) is 7.71. The minimum Gasteiger partial charge on any atom is -0.381 e. The molecule has 1 aliphatic heterocycles. The third-order valence-electron chi connectivity index (χ3n) is 4.29. The number of H-pyrrole nitrogens is 1. The molecule has 1 aliphatic rings. The maximum atomic E-state index is 12.4. The number of rotatable bonds is 5. The molecule has 1 fully saturated rings. The molecule has 6 heteroatoms. The van der Waals surface area contributed by atoms with E-state index in [1.165, 1.54) is 0 Å². The molecule has 0 bridgehead atoms. The molecule has 2 heterocycles. The van der Waals surface area contributed by atoms with E-state index in [0.29, 0.717) is 18.0 Å². The topological polar surface area (TPSA) is 71.2 Å². The molecule has 1 aromatic carbocycles. The SMILES string of the molecule is Cc1[nH]c2ccccc2c1NS(=O)(=O)CCC1CCOCC1. The van der Waals surface area contributed by atoms with Crippen LogP contribution in [0.3, 0.4) is 0 Å². The summed E-state index contributed by atoms with van der Waals surface area (Å²) < 4.78 is 32.8. The van der Waals surface area contributed by atoms with Gasteiger partial charge in [0, 0.05) is 29.8 Å². The second-order valence-corrected chi connectivity index (χ2v) is 7.78. The highest BCUT2D eigenvalue weighted by atomic mass is 32.2. The fourth-order valence-electron chi connectivity index (χ4n) is 2.97. The number of nitrogens with one attached hydrogen (secondary N) is 2. The molecule has 5 nitrogen and oxygen atoms in total. The van der Waals surface area contributed by atoms with Crippen molar-refractivity contribution in [3.63, 3.8) is 0 Å². The summed E-state index contributed by atoms with van der Waals surface area (Å²) in [7, 11) is -3.33. The highest BCUT2D eigenvalue weighted by Gasteiger charge is 2.20. The standard InChI is InChI=1S/C16H22N2O3S/c1-12-16(14-4-2-3-5-15(14)17-12)18-22(19,20)11-8-13-6-9-21-10-7-13/h2-5,13,17-18H,6-11H2,1H3. The van der Waals surface area contributed by atoms with Crippen LogP contribution in [0.25, 0.3) is 10.9 Å². The highest BCUT2D eigenvalue weighted by Crippen LogP contribution is 2.28.